The minimum Gasteiger partial charge on any atom is -0.504 e. The van der Waals surface area contributed by atoms with Gasteiger partial charge in [0.1, 0.15) is 18.6 Å². The Morgan fingerprint density at radius 3 is 2.33 bits per heavy atom. The smallest absolute Gasteiger partial charge is 0.328 e. The highest BCUT2D eigenvalue weighted by Gasteiger charge is 2.24. The quantitative estimate of drug-likeness (QED) is 0.0970. The summed E-state index contributed by atoms with van der Waals surface area (Å²) in [4.78, 5) is 56.8. The van der Waals surface area contributed by atoms with Crippen molar-refractivity contribution in [2.75, 3.05) is 12.3 Å². The minimum absolute atomic E-state index is 0.00526. The Hall–Kier alpha value is -3.78. The number of aromatic hydroxyl groups is 2. The van der Waals surface area contributed by atoms with E-state index in [1.807, 2.05) is 0 Å². The molecule has 0 saturated carbocycles. The van der Waals surface area contributed by atoms with E-state index in [2.05, 4.69) is 10.6 Å². The van der Waals surface area contributed by atoms with Crippen LogP contribution in [0.25, 0.3) is 6.08 Å². The van der Waals surface area contributed by atoms with Crippen LogP contribution < -0.4 is 16.4 Å². The lowest BCUT2D eigenvalue weighted by Gasteiger charge is -2.19. The van der Waals surface area contributed by atoms with Crippen molar-refractivity contribution in [2.24, 2.45) is 5.73 Å². The van der Waals surface area contributed by atoms with Gasteiger partial charge in [-0.05, 0) is 30.2 Å². The third kappa shape index (κ3) is 9.49. The number of aliphatic carboxylic acids is 3. The van der Waals surface area contributed by atoms with Crippen LogP contribution >= 0.6 is 11.8 Å². The molecule has 1 aromatic rings. The molecule has 9 N–H and O–H groups in total. The number of carbonyl (C=O) groups excluding carboxylic acids is 2. The van der Waals surface area contributed by atoms with Gasteiger partial charge in [-0.2, -0.15) is 0 Å². The van der Waals surface area contributed by atoms with E-state index in [0.717, 1.165) is 30.0 Å². The number of benzene rings is 1. The molecule has 14 heteroatoms. The first kappa shape index (κ1) is 27.3. The van der Waals surface area contributed by atoms with E-state index < -0.39 is 59.8 Å². The van der Waals surface area contributed by atoms with E-state index >= 15 is 0 Å². The van der Waals surface area contributed by atoms with Crippen LogP contribution in [0.2, 0.25) is 0 Å². The van der Waals surface area contributed by atoms with E-state index in [1.54, 1.807) is 0 Å². The molecule has 1 aromatic carbocycles. The summed E-state index contributed by atoms with van der Waals surface area (Å²) in [7, 11) is 0. The molecule has 1 rings (SSSR count). The third-order valence-corrected chi connectivity index (χ3v) is 5.22. The Morgan fingerprint density at radius 2 is 1.76 bits per heavy atom. The van der Waals surface area contributed by atoms with Crippen LogP contribution in [0, 0.1) is 0 Å². The van der Waals surface area contributed by atoms with Crippen LogP contribution in [0.15, 0.2) is 23.1 Å². The molecule has 0 heterocycles. The molecular weight excluding hydrogens is 462 g/mol. The maximum Gasteiger partial charge on any atom is 0.328 e. The maximum absolute atomic E-state index is 12.4. The van der Waals surface area contributed by atoms with E-state index in [9.17, 15) is 34.2 Å². The van der Waals surface area contributed by atoms with Crippen molar-refractivity contribution in [2.45, 2.75) is 29.8 Å². The zero-order valence-corrected chi connectivity index (χ0v) is 17.9. The number of carboxylic acids is 3. The monoisotopic (exact) mass is 485 g/mol. The van der Waals surface area contributed by atoms with Crippen molar-refractivity contribution in [3.05, 3.63) is 23.8 Å². The summed E-state index contributed by atoms with van der Waals surface area (Å²) in [5, 5.41) is 50.7. The number of rotatable bonds is 13. The van der Waals surface area contributed by atoms with Crippen LogP contribution in [0.5, 0.6) is 11.5 Å². The van der Waals surface area contributed by atoms with Gasteiger partial charge in [-0.1, -0.05) is 0 Å². The van der Waals surface area contributed by atoms with Crippen LogP contribution in [0.3, 0.4) is 0 Å². The van der Waals surface area contributed by atoms with Gasteiger partial charge in [-0.25, -0.2) is 4.79 Å². The van der Waals surface area contributed by atoms with Gasteiger partial charge < -0.3 is 41.9 Å². The molecule has 13 nitrogen and oxygen atoms in total. The van der Waals surface area contributed by atoms with Crippen molar-refractivity contribution in [3.8, 4) is 11.5 Å². The lowest BCUT2D eigenvalue weighted by atomic mass is 10.1. The third-order valence-electron chi connectivity index (χ3n) is 4.01. The van der Waals surface area contributed by atoms with Gasteiger partial charge in [0.2, 0.25) is 11.8 Å². The van der Waals surface area contributed by atoms with Gasteiger partial charge >= 0.3 is 17.9 Å². The number of hydrogen-bond donors (Lipinski definition) is 8. The zero-order valence-electron chi connectivity index (χ0n) is 17.1. The summed E-state index contributed by atoms with van der Waals surface area (Å²) >= 11 is 0.785. The van der Waals surface area contributed by atoms with Crippen molar-refractivity contribution < 1.29 is 49.5 Å². The Kier molecular flexibility index (Phi) is 10.7. The molecule has 0 aliphatic rings. The molecule has 0 radical (unpaired) electrons. The van der Waals surface area contributed by atoms with Crippen molar-refractivity contribution in [3.63, 3.8) is 0 Å². The van der Waals surface area contributed by atoms with Gasteiger partial charge in [0.05, 0.1) is 4.90 Å². The van der Waals surface area contributed by atoms with Gasteiger partial charge in [0.25, 0.3) is 0 Å². The van der Waals surface area contributed by atoms with Gasteiger partial charge in [0.15, 0.2) is 11.5 Å². The van der Waals surface area contributed by atoms with Crippen molar-refractivity contribution in [1.29, 1.82) is 0 Å². The average molecular weight is 485 g/mol. The molecule has 2 amide bonds. The Balaban J connectivity index is 3.04. The molecule has 0 fully saturated rings. The number of hydrogen-bond acceptors (Lipinski definition) is 9. The Labute approximate surface area is 191 Å². The second-order valence-corrected chi connectivity index (χ2v) is 7.58. The lowest BCUT2D eigenvalue weighted by molar-refractivity contribution is -0.139. The van der Waals surface area contributed by atoms with E-state index in [1.165, 1.54) is 6.07 Å². The molecule has 0 aliphatic heterocycles. The van der Waals surface area contributed by atoms with Gasteiger partial charge in [0, 0.05) is 18.2 Å². The fourth-order valence-electron chi connectivity index (χ4n) is 2.33. The molecule has 0 bridgehead atoms. The molecule has 0 unspecified atom stereocenters. The maximum atomic E-state index is 12.4. The van der Waals surface area contributed by atoms with E-state index in [0.29, 0.717) is 0 Å². The van der Waals surface area contributed by atoms with Crippen molar-refractivity contribution in [1.82, 2.24) is 10.6 Å². The summed E-state index contributed by atoms with van der Waals surface area (Å²) in [6.45, 7) is -0.732. The first-order valence-electron chi connectivity index (χ1n) is 9.28. The Morgan fingerprint density at radius 1 is 1.09 bits per heavy atom. The summed E-state index contributed by atoms with van der Waals surface area (Å²) in [6.07, 6.45) is 1.40. The number of nitrogens with one attached hydrogen (secondary N) is 2. The van der Waals surface area contributed by atoms with Crippen molar-refractivity contribution >= 4 is 47.6 Å². The normalized spacial score (nSPS) is 12.6. The fraction of sp³-hybridized carbons (Fsp3) is 0.316. The van der Waals surface area contributed by atoms with Gasteiger partial charge in [-0.15, -0.1) is 11.8 Å². The molecular formula is C19H23N3O10S. The zero-order chi connectivity index (χ0) is 25.1. The average Bonchev–Trinajstić information content (AvgIpc) is 2.74. The molecule has 33 heavy (non-hydrogen) atoms. The van der Waals surface area contributed by atoms with Crippen LogP contribution in [0.1, 0.15) is 18.4 Å². The number of nitrogens with two attached hydrogens (primary N) is 1. The summed E-state index contributed by atoms with van der Waals surface area (Å²) < 4.78 is 0. The highest BCUT2D eigenvalue weighted by molar-refractivity contribution is 7.99. The predicted molar refractivity (Wildman–Crippen MR) is 115 cm³/mol. The first-order valence-corrected chi connectivity index (χ1v) is 10.3. The number of phenols is 2. The highest BCUT2D eigenvalue weighted by Crippen LogP contribution is 2.39. The minimum atomic E-state index is -1.33. The largest absolute Gasteiger partial charge is 0.504 e. The summed E-state index contributed by atoms with van der Waals surface area (Å²) in [5.41, 5.74) is 5.54. The molecule has 0 saturated heterocycles. The molecule has 0 aromatic heterocycles. The highest BCUT2D eigenvalue weighted by atomic mass is 32.2. The number of amides is 2. The lowest BCUT2D eigenvalue weighted by Crippen LogP contribution is -2.49. The Bertz CT molecular complexity index is 950. The van der Waals surface area contributed by atoms with E-state index in [-0.39, 0.29) is 29.1 Å². The second kappa shape index (κ2) is 12.9. The number of carbonyl (C=O) groups is 5. The predicted octanol–water partition coefficient (Wildman–Crippen LogP) is -0.835. The molecule has 180 valence electrons. The number of carboxylic acid groups (broad SMARTS) is 3. The van der Waals surface area contributed by atoms with Gasteiger partial charge in [-0.3, -0.25) is 19.2 Å². The molecule has 0 spiro atoms. The molecule has 0 aliphatic carbocycles. The molecule has 2 atom stereocenters. The summed E-state index contributed by atoms with van der Waals surface area (Å²) in [5.74, 6) is -6.86. The van der Waals surface area contributed by atoms with E-state index in [4.69, 9.17) is 21.1 Å². The number of thioether (sulfide) groups is 1. The van der Waals surface area contributed by atoms with Crippen LogP contribution in [-0.2, 0) is 24.0 Å². The van der Waals surface area contributed by atoms with Crippen LogP contribution in [-0.4, -0.2) is 79.6 Å². The second-order valence-electron chi connectivity index (χ2n) is 6.55. The topological polar surface area (TPSA) is 237 Å². The summed E-state index contributed by atoms with van der Waals surface area (Å²) in [6, 6.07) is -0.161. The number of phenolic OH excluding ortho intramolecular Hbond substituents is 2. The fourth-order valence-corrected chi connectivity index (χ4v) is 3.44. The van der Waals surface area contributed by atoms with Crippen LogP contribution in [0.4, 0.5) is 0 Å². The standard InChI is InChI=1S/C19H23N3O10S/c20-10(19(31)32)3-5-13(24)22-11(18(30)21-7-15(27)28)8-33-17-9(2-6-14(25)26)1-4-12(23)16(17)29/h1-2,4,6,10-11,23,29H,3,5,7-8,20H2,(H,21,30)(H,22,24)(H,25,26)(H,27,28)(H,31,32)/b6-2-/t10-,11-/m0/s1. The first-order chi connectivity index (χ1) is 15.4. The SMILES string of the molecule is N[C@@H](CCC(=O)N[C@@H](CSc1c(/C=C\C(=O)O)ccc(O)c1O)C(=O)NCC(=O)O)C(=O)O.